The zero-order valence-electron chi connectivity index (χ0n) is 10.8. The third kappa shape index (κ3) is 2.42. The van der Waals surface area contributed by atoms with Gasteiger partial charge in [0.05, 0.1) is 27.8 Å². The number of para-hydroxylation sites is 1. The highest BCUT2D eigenvalue weighted by molar-refractivity contribution is 6.42. The van der Waals surface area contributed by atoms with Gasteiger partial charge in [0, 0.05) is 5.39 Å². The van der Waals surface area contributed by atoms with E-state index < -0.39 is 0 Å². The Balaban J connectivity index is 2.12. The molecule has 3 aromatic rings. The number of anilines is 1. The molecule has 0 unspecified atom stereocenters. The fraction of sp³-hybridized carbons (Fsp3) is 0.0667. The van der Waals surface area contributed by atoms with Gasteiger partial charge in [0.15, 0.2) is 0 Å². The molecule has 0 aliphatic heterocycles. The first kappa shape index (κ1) is 14.1. The Bertz CT molecular complexity index is 815. The van der Waals surface area contributed by atoms with Gasteiger partial charge >= 0.3 is 0 Å². The highest BCUT2D eigenvalue weighted by Gasteiger charge is 2.14. The second-order valence-corrected chi connectivity index (χ2v) is 5.47. The minimum Gasteiger partial charge on any atom is -0.761 e. The van der Waals surface area contributed by atoms with Gasteiger partial charge in [0.25, 0.3) is 0 Å². The van der Waals surface area contributed by atoms with Crippen LogP contribution in [-0.4, -0.2) is 9.67 Å². The van der Waals surface area contributed by atoms with E-state index in [9.17, 15) is 10.3 Å². The van der Waals surface area contributed by atoms with Crippen LogP contribution in [0.5, 0.6) is 5.88 Å². The minimum atomic E-state index is -0.0997. The highest BCUT2D eigenvalue weighted by Crippen LogP contribution is 2.36. The van der Waals surface area contributed by atoms with Crippen LogP contribution in [0.1, 0.15) is 5.56 Å². The fourth-order valence-corrected chi connectivity index (χ4v) is 2.69. The van der Waals surface area contributed by atoms with E-state index in [1.165, 1.54) is 0 Å². The van der Waals surface area contributed by atoms with Crippen molar-refractivity contribution in [3.63, 3.8) is 0 Å². The van der Waals surface area contributed by atoms with E-state index >= 15 is 0 Å². The summed E-state index contributed by atoms with van der Waals surface area (Å²) in [6.07, 6.45) is 0. The maximum absolute atomic E-state index is 11.1. The molecule has 3 rings (SSSR count). The lowest BCUT2D eigenvalue weighted by atomic mass is 10.2. The molecular formula is C15H11Cl2N2O2-. The Labute approximate surface area is 131 Å². The van der Waals surface area contributed by atoms with Gasteiger partial charge in [-0.2, -0.15) is 0 Å². The van der Waals surface area contributed by atoms with Crippen molar-refractivity contribution < 1.29 is 5.11 Å². The van der Waals surface area contributed by atoms with E-state index in [4.69, 9.17) is 23.2 Å². The van der Waals surface area contributed by atoms with Crippen LogP contribution in [0.2, 0.25) is 10.0 Å². The summed E-state index contributed by atoms with van der Waals surface area (Å²) in [4.78, 5) is 0. The van der Waals surface area contributed by atoms with Crippen LogP contribution in [0.4, 0.5) is 5.69 Å². The van der Waals surface area contributed by atoms with Gasteiger partial charge < -0.3 is 20.4 Å². The van der Waals surface area contributed by atoms with Crippen molar-refractivity contribution in [3.8, 4) is 5.88 Å². The van der Waals surface area contributed by atoms with Crippen LogP contribution in [0.15, 0.2) is 42.5 Å². The molecule has 108 valence electrons. The Morgan fingerprint density at radius 2 is 1.86 bits per heavy atom. The molecule has 2 N–H and O–H groups in total. The molecule has 0 fully saturated rings. The second-order valence-electron chi connectivity index (χ2n) is 4.65. The standard InChI is InChI=1S/C15H11Cl2N2O2/c16-11-6-5-9(7-12(11)17)8-19-13-4-2-1-3-10(13)14(18-21)15(19)20/h1-7,18,20H,8H2/q-1. The van der Waals surface area contributed by atoms with Crippen molar-refractivity contribution >= 4 is 39.8 Å². The number of rotatable bonds is 3. The van der Waals surface area contributed by atoms with Gasteiger partial charge in [-0.15, -0.1) is 0 Å². The van der Waals surface area contributed by atoms with Gasteiger partial charge in [-0.25, -0.2) is 0 Å². The summed E-state index contributed by atoms with van der Waals surface area (Å²) in [5.41, 5.74) is 3.61. The normalized spacial score (nSPS) is 11.0. The lowest BCUT2D eigenvalue weighted by Crippen LogP contribution is -1.99. The highest BCUT2D eigenvalue weighted by atomic mass is 35.5. The van der Waals surface area contributed by atoms with Crippen molar-refractivity contribution in [2.45, 2.75) is 6.54 Å². The quantitative estimate of drug-likeness (QED) is 0.692. The van der Waals surface area contributed by atoms with Gasteiger partial charge in [-0.3, -0.25) is 0 Å². The monoisotopic (exact) mass is 321 g/mol. The van der Waals surface area contributed by atoms with Crippen LogP contribution in [0.3, 0.4) is 0 Å². The molecule has 0 spiro atoms. The van der Waals surface area contributed by atoms with Gasteiger partial charge in [-0.05, 0) is 23.8 Å². The molecule has 0 aliphatic rings. The summed E-state index contributed by atoms with van der Waals surface area (Å²) in [7, 11) is 0. The first-order chi connectivity index (χ1) is 10.1. The zero-order chi connectivity index (χ0) is 15.0. The molecule has 4 nitrogen and oxygen atoms in total. The van der Waals surface area contributed by atoms with Crippen LogP contribution in [0.25, 0.3) is 10.9 Å². The van der Waals surface area contributed by atoms with Crippen molar-refractivity contribution in [3.05, 3.63) is 63.3 Å². The molecule has 0 aliphatic carbocycles. The smallest absolute Gasteiger partial charge is 0.215 e. The molecule has 1 aromatic heterocycles. The molecule has 21 heavy (non-hydrogen) atoms. The predicted octanol–water partition coefficient (Wildman–Crippen LogP) is 4.61. The molecule has 0 saturated heterocycles. The van der Waals surface area contributed by atoms with Gasteiger partial charge in [0.1, 0.15) is 0 Å². The Kier molecular flexibility index (Phi) is 3.68. The Hall–Kier alpha value is -1.88. The topological polar surface area (TPSA) is 60.2 Å². The van der Waals surface area contributed by atoms with Crippen molar-refractivity contribution in [1.29, 1.82) is 0 Å². The predicted molar refractivity (Wildman–Crippen MR) is 86.2 cm³/mol. The summed E-state index contributed by atoms with van der Waals surface area (Å²) in [5, 5.41) is 22.9. The molecule has 0 radical (unpaired) electrons. The van der Waals surface area contributed by atoms with Crippen LogP contribution >= 0.6 is 23.2 Å². The third-order valence-corrected chi connectivity index (χ3v) is 4.11. The summed E-state index contributed by atoms with van der Waals surface area (Å²) < 4.78 is 1.65. The van der Waals surface area contributed by atoms with Crippen molar-refractivity contribution in [2.24, 2.45) is 0 Å². The summed E-state index contributed by atoms with van der Waals surface area (Å²) >= 11 is 11.9. The van der Waals surface area contributed by atoms with E-state index in [0.717, 1.165) is 11.1 Å². The molecule has 0 amide bonds. The summed E-state index contributed by atoms with van der Waals surface area (Å²) in [5.74, 6) is -0.0997. The lowest BCUT2D eigenvalue weighted by molar-refractivity contribution is 0.431. The minimum absolute atomic E-state index is 0.0997. The van der Waals surface area contributed by atoms with E-state index in [-0.39, 0.29) is 11.6 Å². The second kappa shape index (κ2) is 5.48. The molecule has 6 heteroatoms. The molecule has 0 bridgehead atoms. The number of benzene rings is 2. The molecule has 0 atom stereocenters. The number of aromatic hydroxyl groups is 1. The number of fused-ring (bicyclic) bond motifs is 1. The number of hydrogen-bond acceptors (Lipinski definition) is 3. The number of aromatic nitrogens is 1. The number of nitrogens with one attached hydrogen (secondary N) is 1. The van der Waals surface area contributed by atoms with E-state index in [0.29, 0.717) is 22.0 Å². The first-order valence-electron chi connectivity index (χ1n) is 6.24. The molecule has 1 heterocycles. The van der Waals surface area contributed by atoms with Gasteiger partial charge in [-0.1, -0.05) is 47.5 Å². The van der Waals surface area contributed by atoms with E-state index in [2.05, 4.69) is 0 Å². The molecule has 0 saturated carbocycles. The van der Waals surface area contributed by atoms with Gasteiger partial charge in [0.2, 0.25) is 5.88 Å². The Morgan fingerprint density at radius 1 is 1.10 bits per heavy atom. The average Bonchev–Trinajstić information content (AvgIpc) is 2.75. The summed E-state index contributed by atoms with van der Waals surface area (Å²) in [6.45, 7) is 0.380. The fourth-order valence-electron chi connectivity index (χ4n) is 2.37. The first-order valence-corrected chi connectivity index (χ1v) is 6.99. The summed E-state index contributed by atoms with van der Waals surface area (Å²) in [6, 6.07) is 12.5. The molecule has 2 aromatic carbocycles. The van der Waals surface area contributed by atoms with Crippen LogP contribution in [0, 0.1) is 5.21 Å². The van der Waals surface area contributed by atoms with Crippen molar-refractivity contribution in [2.75, 3.05) is 5.48 Å². The average molecular weight is 322 g/mol. The maximum Gasteiger partial charge on any atom is 0.215 e. The largest absolute Gasteiger partial charge is 0.761 e. The lowest BCUT2D eigenvalue weighted by Gasteiger charge is -2.10. The third-order valence-electron chi connectivity index (χ3n) is 3.37. The SMILES string of the molecule is [O-]Nc1c(O)n(Cc2ccc(Cl)c(Cl)c2)c2ccccc12. The Morgan fingerprint density at radius 3 is 2.57 bits per heavy atom. The molecular weight excluding hydrogens is 311 g/mol. The number of hydrogen-bond donors (Lipinski definition) is 2. The maximum atomic E-state index is 11.1. The van der Waals surface area contributed by atoms with Crippen LogP contribution < -0.4 is 5.48 Å². The van der Waals surface area contributed by atoms with Crippen LogP contribution in [-0.2, 0) is 6.54 Å². The zero-order valence-corrected chi connectivity index (χ0v) is 12.3. The number of halogens is 2. The van der Waals surface area contributed by atoms with E-state index in [1.54, 1.807) is 28.2 Å². The van der Waals surface area contributed by atoms with E-state index in [1.807, 2.05) is 24.3 Å². The van der Waals surface area contributed by atoms with Crippen molar-refractivity contribution in [1.82, 2.24) is 4.57 Å². The number of nitrogens with zero attached hydrogens (tertiary/aromatic N) is 1.